The predicted molar refractivity (Wildman–Crippen MR) is 88.7 cm³/mol. The second-order valence-electron chi connectivity index (χ2n) is 4.98. The first-order chi connectivity index (χ1) is 10.6. The summed E-state index contributed by atoms with van der Waals surface area (Å²) >= 11 is 0. The van der Waals surface area contributed by atoms with Crippen LogP contribution in [0.2, 0.25) is 0 Å². The van der Waals surface area contributed by atoms with Gasteiger partial charge in [0.1, 0.15) is 0 Å². The maximum Gasteiger partial charge on any atom is 0.238 e. The van der Waals surface area contributed by atoms with E-state index >= 15 is 0 Å². The molecule has 0 saturated heterocycles. The second kappa shape index (κ2) is 5.75. The summed E-state index contributed by atoms with van der Waals surface area (Å²) < 4.78 is 22.7. The summed E-state index contributed by atoms with van der Waals surface area (Å²) in [5.74, 6) is 0. The third-order valence-electron chi connectivity index (χ3n) is 3.51. The quantitative estimate of drug-likeness (QED) is 0.802. The van der Waals surface area contributed by atoms with Gasteiger partial charge in [0.15, 0.2) is 0 Å². The van der Waals surface area contributed by atoms with E-state index in [2.05, 4.69) is 18.2 Å². The van der Waals surface area contributed by atoms with Gasteiger partial charge in [-0.3, -0.25) is 0 Å². The molecule has 0 amide bonds. The lowest BCUT2D eigenvalue weighted by Crippen LogP contribution is -2.11. The zero-order valence-electron chi connectivity index (χ0n) is 11.8. The zero-order chi connectivity index (χ0) is 15.6. The molecule has 0 aliphatic rings. The number of hydrogen-bond donors (Lipinski definition) is 1. The van der Waals surface area contributed by atoms with Gasteiger partial charge in [-0.15, -0.1) is 0 Å². The zero-order valence-corrected chi connectivity index (χ0v) is 12.6. The normalized spacial score (nSPS) is 11.3. The Bertz CT molecular complexity index is 886. The Balaban J connectivity index is 2.10. The van der Waals surface area contributed by atoms with E-state index in [0.717, 1.165) is 22.3 Å². The van der Waals surface area contributed by atoms with E-state index in [0.29, 0.717) is 0 Å². The minimum Gasteiger partial charge on any atom is -0.225 e. The summed E-state index contributed by atoms with van der Waals surface area (Å²) in [4.78, 5) is 0.119. The van der Waals surface area contributed by atoms with Gasteiger partial charge in [-0.1, -0.05) is 66.7 Å². The Morgan fingerprint density at radius 3 is 1.55 bits per heavy atom. The van der Waals surface area contributed by atoms with Crippen molar-refractivity contribution in [1.29, 1.82) is 0 Å². The van der Waals surface area contributed by atoms with Gasteiger partial charge in [-0.25, -0.2) is 13.6 Å². The van der Waals surface area contributed by atoms with Crippen molar-refractivity contribution < 1.29 is 8.42 Å². The van der Waals surface area contributed by atoms with Crippen LogP contribution in [0.1, 0.15) is 0 Å². The van der Waals surface area contributed by atoms with Crippen LogP contribution in [-0.2, 0) is 10.0 Å². The van der Waals surface area contributed by atoms with E-state index in [1.807, 2.05) is 36.4 Å². The molecule has 0 aromatic heterocycles. The molecule has 0 heterocycles. The predicted octanol–water partition coefficient (Wildman–Crippen LogP) is 3.67. The van der Waals surface area contributed by atoms with Crippen LogP contribution in [0.25, 0.3) is 22.3 Å². The fourth-order valence-corrected chi connectivity index (χ4v) is 2.94. The molecule has 0 spiro atoms. The van der Waals surface area contributed by atoms with Gasteiger partial charge < -0.3 is 0 Å². The molecule has 3 nitrogen and oxygen atoms in total. The maximum atomic E-state index is 11.3. The highest BCUT2D eigenvalue weighted by Gasteiger charge is 2.10. The Labute approximate surface area is 130 Å². The van der Waals surface area contributed by atoms with Crippen molar-refractivity contribution in [2.45, 2.75) is 4.90 Å². The van der Waals surface area contributed by atoms with Gasteiger partial charge in [0.2, 0.25) is 10.0 Å². The number of primary sulfonamides is 1. The Hall–Kier alpha value is -2.43. The van der Waals surface area contributed by atoms with E-state index in [1.54, 1.807) is 12.1 Å². The standard InChI is InChI=1S/C18H15NO2S/c19-22(20,21)16-12-10-15(11-13-16)18-9-5-4-8-17(18)14-6-2-1-3-7-14/h1-13H,(H2,19,20,21). The highest BCUT2D eigenvalue weighted by molar-refractivity contribution is 7.89. The Morgan fingerprint density at radius 1 is 0.591 bits per heavy atom. The fourth-order valence-electron chi connectivity index (χ4n) is 2.43. The number of benzene rings is 3. The molecule has 0 bridgehead atoms. The summed E-state index contributed by atoms with van der Waals surface area (Å²) in [6.07, 6.45) is 0. The molecule has 0 aliphatic carbocycles. The van der Waals surface area contributed by atoms with Gasteiger partial charge in [0, 0.05) is 0 Å². The van der Waals surface area contributed by atoms with Gasteiger partial charge in [-0.2, -0.15) is 0 Å². The van der Waals surface area contributed by atoms with Crippen molar-refractivity contribution in [2.75, 3.05) is 0 Å². The SMILES string of the molecule is NS(=O)(=O)c1ccc(-c2ccccc2-c2ccccc2)cc1. The van der Waals surface area contributed by atoms with Gasteiger partial charge in [-0.05, 0) is 34.4 Å². The van der Waals surface area contributed by atoms with Gasteiger partial charge in [0.05, 0.1) is 4.90 Å². The molecule has 3 rings (SSSR count). The highest BCUT2D eigenvalue weighted by atomic mass is 32.2. The summed E-state index contributed by atoms with van der Waals surface area (Å²) in [6.45, 7) is 0. The summed E-state index contributed by atoms with van der Waals surface area (Å²) in [6, 6.07) is 24.7. The molecule has 4 heteroatoms. The first-order valence-corrected chi connectivity index (χ1v) is 8.38. The number of sulfonamides is 1. The van der Waals surface area contributed by atoms with Crippen molar-refractivity contribution in [3.63, 3.8) is 0 Å². The largest absolute Gasteiger partial charge is 0.238 e. The Kier molecular flexibility index (Phi) is 3.79. The van der Waals surface area contributed by atoms with E-state index in [1.165, 1.54) is 12.1 Å². The van der Waals surface area contributed by atoms with Gasteiger partial charge in [0.25, 0.3) is 0 Å². The topological polar surface area (TPSA) is 60.2 Å². The highest BCUT2D eigenvalue weighted by Crippen LogP contribution is 2.32. The van der Waals surface area contributed by atoms with Crippen LogP contribution in [0.5, 0.6) is 0 Å². The molecule has 2 N–H and O–H groups in total. The average Bonchev–Trinajstić information content (AvgIpc) is 2.55. The number of rotatable bonds is 3. The molecule has 0 unspecified atom stereocenters. The number of nitrogens with two attached hydrogens (primary N) is 1. The van der Waals surface area contributed by atoms with Gasteiger partial charge >= 0.3 is 0 Å². The van der Waals surface area contributed by atoms with E-state index in [4.69, 9.17) is 5.14 Å². The van der Waals surface area contributed by atoms with Crippen LogP contribution in [0, 0.1) is 0 Å². The molecular weight excluding hydrogens is 294 g/mol. The molecule has 3 aromatic carbocycles. The molecule has 22 heavy (non-hydrogen) atoms. The van der Waals surface area contributed by atoms with Crippen LogP contribution < -0.4 is 5.14 Å². The van der Waals surface area contributed by atoms with Crippen molar-refractivity contribution in [3.8, 4) is 22.3 Å². The summed E-state index contributed by atoms with van der Waals surface area (Å²) in [7, 11) is -3.66. The maximum absolute atomic E-state index is 11.3. The molecule has 0 radical (unpaired) electrons. The lowest BCUT2D eigenvalue weighted by atomic mass is 9.95. The molecule has 0 aliphatic heterocycles. The lowest BCUT2D eigenvalue weighted by molar-refractivity contribution is 0.598. The summed E-state index contributed by atoms with van der Waals surface area (Å²) in [5, 5.41) is 5.14. The van der Waals surface area contributed by atoms with Crippen molar-refractivity contribution >= 4 is 10.0 Å². The van der Waals surface area contributed by atoms with Crippen LogP contribution in [-0.4, -0.2) is 8.42 Å². The molecule has 110 valence electrons. The smallest absolute Gasteiger partial charge is 0.225 e. The first kappa shape index (κ1) is 14.5. The summed E-state index contributed by atoms with van der Waals surface area (Å²) in [5.41, 5.74) is 4.22. The minimum atomic E-state index is -3.66. The van der Waals surface area contributed by atoms with Crippen molar-refractivity contribution in [2.24, 2.45) is 5.14 Å². The molecule has 0 fully saturated rings. The van der Waals surface area contributed by atoms with E-state index < -0.39 is 10.0 Å². The third-order valence-corrected chi connectivity index (χ3v) is 4.43. The molecular formula is C18H15NO2S. The first-order valence-electron chi connectivity index (χ1n) is 6.83. The molecule has 0 saturated carbocycles. The van der Waals surface area contributed by atoms with E-state index in [-0.39, 0.29) is 4.90 Å². The lowest BCUT2D eigenvalue weighted by Gasteiger charge is -2.10. The minimum absolute atomic E-state index is 0.119. The van der Waals surface area contributed by atoms with Crippen molar-refractivity contribution in [1.82, 2.24) is 0 Å². The van der Waals surface area contributed by atoms with Crippen LogP contribution in [0.3, 0.4) is 0 Å². The van der Waals surface area contributed by atoms with Crippen molar-refractivity contribution in [3.05, 3.63) is 78.9 Å². The third kappa shape index (κ3) is 2.93. The van der Waals surface area contributed by atoms with Crippen LogP contribution >= 0.6 is 0 Å². The number of hydrogen-bond acceptors (Lipinski definition) is 2. The monoisotopic (exact) mass is 309 g/mol. The molecule has 3 aromatic rings. The second-order valence-corrected chi connectivity index (χ2v) is 6.54. The van der Waals surface area contributed by atoms with Crippen LogP contribution in [0.15, 0.2) is 83.8 Å². The van der Waals surface area contributed by atoms with E-state index in [9.17, 15) is 8.42 Å². The molecule has 0 atom stereocenters. The average molecular weight is 309 g/mol. The Morgan fingerprint density at radius 2 is 1.05 bits per heavy atom. The fraction of sp³-hybridized carbons (Fsp3) is 0. The van der Waals surface area contributed by atoms with Crippen LogP contribution in [0.4, 0.5) is 0 Å².